The Bertz CT molecular complexity index is 248. The maximum Gasteiger partial charge on any atom is 0.164 e. The van der Waals surface area contributed by atoms with Crippen LogP contribution in [-0.4, -0.2) is 34.8 Å². The van der Waals surface area contributed by atoms with Crippen LogP contribution in [0.25, 0.3) is 0 Å². The fraction of sp³-hybridized carbons (Fsp3) is 0.750. The number of halogens is 2. The molecule has 0 spiro atoms. The molecule has 1 aliphatic heterocycles. The molecule has 0 aliphatic carbocycles. The van der Waals surface area contributed by atoms with Gasteiger partial charge >= 0.3 is 0 Å². The van der Waals surface area contributed by atoms with Gasteiger partial charge in [-0.25, -0.2) is 0 Å². The lowest BCUT2D eigenvalue weighted by molar-refractivity contribution is -0.148. The molecule has 0 saturated carbocycles. The molecule has 1 saturated heterocycles. The molecule has 2 N–H and O–H groups in total. The summed E-state index contributed by atoms with van der Waals surface area (Å²) in [6, 6.07) is 0. The van der Waals surface area contributed by atoms with Crippen LogP contribution in [0.3, 0.4) is 0 Å². The van der Waals surface area contributed by atoms with Crippen molar-refractivity contribution in [1.29, 1.82) is 0 Å². The Morgan fingerprint density at radius 2 is 1.93 bits per heavy atom. The van der Waals surface area contributed by atoms with Gasteiger partial charge in [0.05, 0.1) is 6.61 Å². The first-order valence-corrected chi connectivity index (χ1v) is 5.66. The summed E-state index contributed by atoms with van der Waals surface area (Å²) in [5, 5.41) is 18.7. The zero-order valence-corrected chi connectivity index (χ0v) is 11.0. The van der Waals surface area contributed by atoms with E-state index in [4.69, 9.17) is 14.6 Å². The van der Waals surface area contributed by atoms with Gasteiger partial charge in [-0.2, -0.15) is 0 Å². The Kier molecular flexibility index (Phi) is 3.99. The minimum atomic E-state index is -0.790. The molecule has 0 unspecified atom stereocenters. The molecule has 1 heterocycles. The topological polar surface area (TPSA) is 58.9 Å². The first kappa shape index (κ1) is 12.4. The highest BCUT2D eigenvalue weighted by atomic mass is 79.9. The zero-order chi connectivity index (χ0) is 10.9. The molecule has 4 nitrogen and oxygen atoms in total. The van der Waals surface area contributed by atoms with Gasteiger partial charge in [0.2, 0.25) is 0 Å². The van der Waals surface area contributed by atoms with Gasteiger partial charge in [0, 0.05) is 0 Å². The average molecular weight is 332 g/mol. The van der Waals surface area contributed by atoms with Crippen molar-refractivity contribution in [3.63, 3.8) is 0 Å². The highest BCUT2D eigenvalue weighted by Crippen LogP contribution is 2.34. The summed E-state index contributed by atoms with van der Waals surface area (Å²) >= 11 is 6.15. The van der Waals surface area contributed by atoms with Crippen LogP contribution in [0.15, 0.2) is 9.15 Å². The molecule has 1 rings (SSSR count). The molecule has 0 bridgehead atoms. The van der Waals surface area contributed by atoms with E-state index in [1.165, 1.54) is 0 Å². The molecule has 82 valence electrons. The van der Waals surface area contributed by atoms with Gasteiger partial charge in [0.25, 0.3) is 0 Å². The van der Waals surface area contributed by atoms with Crippen molar-refractivity contribution in [2.45, 2.75) is 31.8 Å². The number of hydrogen-bond donors (Lipinski definition) is 2. The van der Waals surface area contributed by atoms with Crippen LogP contribution < -0.4 is 0 Å². The second-order valence-electron chi connectivity index (χ2n) is 3.42. The molecule has 14 heavy (non-hydrogen) atoms. The molecular weight excluding hydrogens is 320 g/mol. The molecule has 0 aromatic rings. The molecule has 2 atom stereocenters. The summed E-state index contributed by atoms with van der Waals surface area (Å²) in [5.41, 5.74) is 0. The molecule has 0 radical (unpaired) electrons. The lowest BCUT2D eigenvalue weighted by Crippen LogP contribution is -2.28. The average Bonchev–Trinajstić information content (AvgIpc) is 2.39. The predicted molar refractivity (Wildman–Crippen MR) is 58.4 cm³/mol. The highest BCUT2D eigenvalue weighted by Gasteiger charge is 2.43. The van der Waals surface area contributed by atoms with Crippen molar-refractivity contribution < 1.29 is 19.7 Å². The van der Waals surface area contributed by atoms with Crippen LogP contribution in [0.4, 0.5) is 0 Å². The zero-order valence-electron chi connectivity index (χ0n) is 7.83. The minimum Gasteiger partial charge on any atom is -0.508 e. The van der Waals surface area contributed by atoms with Crippen LogP contribution in [0.2, 0.25) is 0 Å². The maximum atomic E-state index is 9.63. The first-order chi connectivity index (χ1) is 6.37. The Morgan fingerprint density at radius 1 is 1.36 bits per heavy atom. The summed E-state index contributed by atoms with van der Waals surface area (Å²) in [4.78, 5) is 0. The SMILES string of the molecule is CC1(C)O[C@H](CO)[C@H](C(O)=C(Br)Br)O1. The Morgan fingerprint density at radius 3 is 2.36 bits per heavy atom. The van der Waals surface area contributed by atoms with E-state index in [1.807, 2.05) is 0 Å². The van der Waals surface area contributed by atoms with Crippen LogP contribution in [0, 0.1) is 0 Å². The summed E-state index contributed by atoms with van der Waals surface area (Å²) in [7, 11) is 0. The third-order valence-corrected chi connectivity index (χ3v) is 2.64. The lowest BCUT2D eigenvalue weighted by atomic mass is 10.2. The molecule has 0 aromatic carbocycles. The Balaban J connectivity index is 2.84. The summed E-state index contributed by atoms with van der Waals surface area (Å²) in [6.07, 6.45) is -1.20. The molecule has 1 fully saturated rings. The van der Waals surface area contributed by atoms with Gasteiger partial charge < -0.3 is 19.7 Å². The second-order valence-corrected chi connectivity index (χ2v) is 6.07. The molecular formula is C8H12Br2O4. The minimum absolute atomic E-state index is 0.0189. The van der Waals surface area contributed by atoms with E-state index in [-0.39, 0.29) is 12.4 Å². The van der Waals surface area contributed by atoms with Gasteiger partial charge in [-0.05, 0) is 45.7 Å². The van der Waals surface area contributed by atoms with E-state index in [0.29, 0.717) is 3.39 Å². The third kappa shape index (κ3) is 2.70. The lowest BCUT2D eigenvalue weighted by Gasteiger charge is -2.16. The fourth-order valence-electron chi connectivity index (χ4n) is 1.31. The second kappa shape index (κ2) is 4.49. The van der Waals surface area contributed by atoms with Gasteiger partial charge in [-0.3, -0.25) is 0 Å². The van der Waals surface area contributed by atoms with Crippen LogP contribution in [0.5, 0.6) is 0 Å². The van der Waals surface area contributed by atoms with Gasteiger partial charge in [-0.1, -0.05) is 0 Å². The summed E-state index contributed by atoms with van der Waals surface area (Å²) < 4.78 is 11.2. The molecule has 6 heteroatoms. The van der Waals surface area contributed by atoms with Crippen LogP contribution in [0.1, 0.15) is 13.8 Å². The number of aliphatic hydroxyl groups excluding tert-OH is 2. The van der Waals surface area contributed by atoms with E-state index in [0.717, 1.165) is 0 Å². The molecule has 1 aliphatic rings. The summed E-state index contributed by atoms with van der Waals surface area (Å²) in [6.45, 7) is 3.25. The van der Waals surface area contributed by atoms with Crippen LogP contribution in [-0.2, 0) is 9.47 Å². The van der Waals surface area contributed by atoms with E-state index in [9.17, 15) is 5.11 Å². The third-order valence-electron chi connectivity index (χ3n) is 1.83. The van der Waals surface area contributed by atoms with Gasteiger partial charge in [0.15, 0.2) is 5.79 Å². The van der Waals surface area contributed by atoms with E-state index < -0.39 is 18.0 Å². The first-order valence-electron chi connectivity index (χ1n) is 4.08. The van der Waals surface area contributed by atoms with Gasteiger partial charge in [-0.15, -0.1) is 0 Å². The standard InChI is InChI=1S/C8H12Br2O4/c1-8(2)13-4(3-11)6(14-8)5(12)7(9)10/h4,6,11-12H,3H2,1-2H3/t4-,6-/m1/s1. The van der Waals surface area contributed by atoms with E-state index in [1.54, 1.807) is 13.8 Å². The number of hydrogen-bond acceptors (Lipinski definition) is 4. The number of ether oxygens (including phenoxy) is 2. The van der Waals surface area contributed by atoms with Crippen LogP contribution >= 0.6 is 31.9 Å². The number of aliphatic hydroxyl groups is 2. The van der Waals surface area contributed by atoms with Crippen molar-refractivity contribution in [1.82, 2.24) is 0 Å². The summed E-state index contributed by atoms with van der Waals surface area (Å²) in [5.74, 6) is -0.809. The van der Waals surface area contributed by atoms with Crippen molar-refractivity contribution in [3.8, 4) is 0 Å². The Labute approximate surface area is 99.1 Å². The van der Waals surface area contributed by atoms with E-state index in [2.05, 4.69) is 31.9 Å². The van der Waals surface area contributed by atoms with E-state index >= 15 is 0 Å². The predicted octanol–water partition coefficient (Wildman–Crippen LogP) is 2.02. The maximum absolute atomic E-state index is 9.63. The van der Waals surface area contributed by atoms with Crippen molar-refractivity contribution in [2.75, 3.05) is 6.61 Å². The Hall–Kier alpha value is 0.380. The van der Waals surface area contributed by atoms with Crippen molar-refractivity contribution in [3.05, 3.63) is 9.15 Å². The fourth-order valence-corrected chi connectivity index (χ4v) is 1.76. The van der Waals surface area contributed by atoms with Crippen molar-refractivity contribution in [2.24, 2.45) is 0 Å². The van der Waals surface area contributed by atoms with Gasteiger partial charge in [0.1, 0.15) is 21.4 Å². The number of rotatable bonds is 2. The normalized spacial score (nSPS) is 30.4. The quantitative estimate of drug-likeness (QED) is 0.760. The molecule has 0 aromatic heterocycles. The largest absolute Gasteiger partial charge is 0.508 e. The van der Waals surface area contributed by atoms with Crippen molar-refractivity contribution >= 4 is 31.9 Å². The highest BCUT2D eigenvalue weighted by molar-refractivity contribution is 9.28. The molecule has 0 amide bonds. The monoisotopic (exact) mass is 330 g/mol. The smallest absolute Gasteiger partial charge is 0.164 e.